The van der Waals surface area contributed by atoms with Gasteiger partial charge in [0.05, 0.1) is 19.8 Å². The van der Waals surface area contributed by atoms with Crippen molar-refractivity contribution in [1.29, 1.82) is 0 Å². The van der Waals surface area contributed by atoms with E-state index >= 15 is 0 Å². The van der Waals surface area contributed by atoms with Crippen LogP contribution in [0, 0.1) is 0 Å². The lowest BCUT2D eigenvalue weighted by molar-refractivity contribution is -0.121. The van der Waals surface area contributed by atoms with Crippen molar-refractivity contribution in [2.24, 2.45) is 5.73 Å². The third kappa shape index (κ3) is 11.4. The van der Waals surface area contributed by atoms with Gasteiger partial charge < -0.3 is 20.5 Å². The molecular weight excluding hydrogens is 208 g/mol. The molecule has 0 bridgehead atoms. The van der Waals surface area contributed by atoms with E-state index in [-0.39, 0.29) is 11.4 Å². The molecule has 0 rings (SSSR count). The van der Waals surface area contributed by atoms with Gasteiger partial charge in [-0.2, -0.15) is 0 Å². The van der Waals surface area contributed by atoms with Crippen LogP contribution < -0.4 is 11.1 Å². The number of amides is 1. The summed E-state index contributed by atoms with van der Waals surface area (Å²) in [5.41, 5.74) is 5.49. The Labute approximate surface area is 97.7 Å². The Balaban J connectivity index is 3.31. The predicted molar refractivity (Wildman–Crippen MR) is 63.2 cm³/mol. The van der Waals surface area contributed by atoms with Crippen LogP contribution in [-0.4, -0.2) is 44.9 Å². The van der Waals surface area contributed by atoms with Crippen molar-refractivity contribution in [3.8, 4) is 0 Å². The van der Waals surface area contributed by atoms with Crippen molar-refractivity contribution in [2.75, 3.05) is 33.5 Å². The van der Waals surface area contributed by atoms with Crippen molar-refractivity contribution in [3.63, 3.8) is 0 Å². The van der Waals surface area contributed by atoms with Gasteiger partial charge in [0.25, 0.3) is 0 Å². The Morgan fingerprint density at radius 3 is 2.56 bits per heavy atom. The first kappa shape index (κ1) is 15.3. The molecule has 0 aromatic rings. The van der Waals surface area contributed by atoms with Crippen LogP contribution in [0.3, 0.4) is 0 Å². The molecule has 0 aromatic heterocycles. The van der Waals surface area contributed by atoms with Crippen molar-refractivity contribution >= 4 is 5.91 Å². The van der Waals surface area contributed by atoms with Crippen LogP contribution in [0.25, 0.3) is 0 Å². The lowest BCUT2D eigenvalue weighted by Gasteiger charge is -2.17. The molecule has 0 aliphatic rings. The number of methoxy groups -OCH3 is 1. The first-order valence-corrected chi connectivity index (χ1v) is 5.58. The molecule has 5 nitrogen and oxygen atoms in total. The maximum Gasteiger partial charge on any atom is 0.220 e. The van der Waals surface area contributed by atoms with E-state index in [1.807, 2.05) is 13.8 Å². The first-order valence-electron chi connectivity index (χ1n) is 5.58. The third-order valence-corrected chi connectivity index (χ3v) is 2.00. The zero-order valence-corrected chi connectivity index (χ0v) is 10.5. The summed E-state index contributed by atoms with van der Waals surface area (Å²) in [6.45, 7) is 6.01. The van der Waals surface area contributed by atoms with E-state index in [0.29, 0.717) is 39.2 Å². The molecule has 16 heavy (non-hydrogen) atoms. The van der Waals surface area contributed by atoms with E-state index in [1.165, 1.54) is 0 Å². The standard InChI is InChI=1S/C11H24N2O3/c1-11(2,12)5-4-10(14)13-6-7-16-9-8-15-3/h4-9,12H2,1-3H3,(H,13,14). The van der Waals surface area contributed by atoms with Crippen LogP contribution in [0.1, 0.15) is 26.7 Å². The van der Waals surface area contributed by atoms with Crippen LogP contribution in [0.15, 0.2) is 0 Å². The second kappa shape index (κ2) is 8.50. The summed E-state index contributed by atoms with van der Waals surface area (Å²) in [5, 5.41) is 2.77. The maximum absolute atomic E-state index is 11.3. The van der Waals surface area contributed by atoms with Crippen molar-refractivity contribution in [1.82, 2.24) is 5.32 Å². The average Bonchev–Trinajstić information content (AvgIpc) is 2.19. The molecule has 0 heterocycles. The van der Waals surface area contributed by atoms with Gasteiger partial charge in [0.1, 0.15) is 0 Å². The number of hydrogen-bond donors (Lipinski definition) is 2. The Hall–Kier alpha value is -0.650. The van der Waals surface area contributed by atoms with Gasteiger partial charge in [-0.3, -0.25) is 4.79 Å². The van der Waals surface area contributed by atoms with Gasteiger partial charge in [-0.1, -0.05) is 0 Å². The van der Waals surface area contributed by atoms with Crippen LogP contribution in [-0.2, 0) is 14.3 Å². The fraction of sp³-hybridized carbons (Fsp3) is 0.909. The summed E-state index contributed by atoms with van der Waals surface area (Å²) in [7, 11) is 1.62. The minimum Gasteiger partial charge on any atom is -0.382 e. The highest BCUT2D eigenvalue weighted by Gasteiger charge is 2.12. The average molecular weight is 232 g/mol. The van der Waals surface area contributed by atoms with E-state index in [1.54, 1.807) is 7.11 Å². The predicted octanol–water partition coefficient (Wildman–Crippen LogP) is 0.283. The zero-order valence-electron chi connectivity index (χ0n) is 10.5. The fourth-order valence-electron chi connectivity index (χ4n) is 1.03. The smallest absolute Gasteiger partial charge is 0.220 e. The van der Waals surface area contributed by atoms with Gasteiger partial charge in [-0.25, -0.2) is 0 Å². The van der Waals surface area contributed by atoms with E-state index in [4.69, 9.17) is 15.2 Å². The largest absolute Gasteiger partial charge is 0.382 e. The minimum absolute atomic E-state index is 0.0221. The van der Waals surface area contributed by atoms with Crippen LogP contribution in [0.2, 0.25) is 0 Å². The minimum atomic E-state index is -0.285. The summed E-state index contributed by atoms with van der Waals surface area (Å²) >= 11 is 0. The van der Waals surface area contributed by atoms with E-state index in [0.717, 1.165) is 0 Å². The molecule has 0 aliphatic carbocycles. The SMILES string of the molecule is COCCOCCNC(=O)CCC(C)(C)N. The number of ether oxygens (including phenoxy) is 2. The van der Waals surface area contributed by atoms with Crippen LogP contribution in [0.5, 0.6) is 0 Å². The van der Waals surface area contributed by atoms with Crippen LogP contribution in [0.4, 0.5) is 0 Å². The molecule has 96 valence electrons. The number of carbonyl (C=O) groups is 1. The highest BCUT2D eigenvalue weighted by molar-refractivity contribution is 5.75. The summed E-state index contributed by atoms with van der Waals surface area (Å²) in [5.74, 6) is 0.0221. The second-order valence-electron chi connectivity index (χ2n) is 4.44. The topological polar surface area (TPSA) is 73.6 Å². The molecular formula is C11H24N2O3. The number of carbonyl (C=O) groups excluding carboxylic acids is 1. The number of nitrogens with two attached hydrogens (primary N) is 1. The third-order valence-electron chi connectivity index (χ3n) is 2.00. The highest BCUT2D eigenvalue weighted by atomic mass is 16.5. The second-order valence-corrected chi connectivity index (χ2v) is 4.44. The summed E-state index contributed by atoms with van der Waals surface area (Å²) < 4.78 is 10.0. The Bertz CT molecular complexity index is 190. The highest BCUT2D eigenvalue weighted by Crippen LogP contribution is 2.06. The number of nitrogens with one attached hydrogen (secondary N) is 1. The fourth-order valence-corrected chi connectivity index (χ4v) is 1.03. The van der Waals surface area contributed by atoms with E-state index < -0.39 is 0 Å². The van der Waals surface area contributed by atoms with Crippen LogP contribution >= 0.6 is 0 Å². The Kier molecular flexibility index (Phi) is 8.15. The Morgan fingerprint density at radius 2 is 2.00 bits per heavy atom. The van der Waals surface area contributed by atoms with Crippen molar-refractivity contribution in [3.05, 3.63) is 0 Å². The lowest BCUT2D eigenvalue weighted by atomic mass is 10.00. The van der Waals surface area contributed by atoms with Gasteiger partial charge in [0.15, 0.2) is 0 Å². The first-order chi connectivity index (χ1) is 7.45. The molecule has 3 N–H and O–H groups in total. The van der Waals surface area contributed by atoms with E-state index in [9.17, 15) is 4.79 Å². The monoisotopic (exact) mass is 232 g/mol. The molecule has 0 aromatic carbocycles. The van der Waals surface area contributed by atoms with Gasteiger partial charge in [0.2, 0.25) is 5.91 Å². The molecule has 0 atom stereocenters. The molecule has 5 heteroatoms. The molecule has 0 unspecified atom stereocenters. The van der Waals surface area contributed by atoms with Gasteiger partial charge in [-0.05, 0) is 20.3 Å². The molecule has 0 spiro atoms. The summed E-state index contributed by atoms with van der Waals surface area (Å²) in [6.07, 6.45) is 1.14. The molecule has 0 fully saturated rings. The molecule has 0 radical (unpaired) electrons. The summed E-state index contributed by atoms with van der Waals surface area (Å²) in [6, 6.07) is 0. The quantitative estimate of drug-likeness (QED) is 0.560. The molecule has 1 amide bonds. The molecule has 0 saturated heterocycles. The lowest BCUT2D eigenvalue weighted by Crippen LogP contribution is -2.35. The van der Waals surface area contributed by atoms with Gasteiger partial charge in [0, 0.05) is 25.6 Å². The molecule has 0 saturated carbocycles. The molecule has 0 aliphatic heterocycles. The van der Waals surface area contributed by atoms with Gasteiger partial charge in [-0.15, -0.1) is 0 Å². The number of hydrogen-bond acceptors (Lipinski definition) is 4. The van der Waals surface area contributed by atoms with Crippen molar-refractivity contribution < 1.29 is 14.3 Å². The maximum atomic E-state index is 11.3. The number of rotatable bonds is 9. The Morgan fingerprint density at radius 1 is 1.31 bits per heavy atom. The summed E-state index contributed by atoms with van der Waals surface area (Å²) in [4.78, 5) is 11.3. The van der Waals surface area contributed by atoms with Gasteiger partial charge >= 0.3 is 0 Å². The normalized spacial score (nSPS) is 11.5. The van der Waals surface area contributed by atoms with Crippen molar-refractivity contribution in [2.45, 2.75) is 32.2 Å². The zero-order chi connectivity index (χ0) is 12.4. The van der Waals surface area contributed by atoms with E-state index in [2.05, 4.69) is 5.32 Å².